The fourth-order valence-electron chi connectivity index (χ4n) is 1.22. The molecule has 0 spiro atoms. The van der Waals surface area contributed by atoms with Crippen LogP contribution in [-0.4, -0.2) is 12.0 Å². The third kappa shape index (κ3) is 1.79. The number of ether oxygens (including phenoxy) is 1. The van der Waals surface area contributed by atoms with E-state index < -0.39 is 5.91 Å². The summed E-state index contributed by atoms with van der Waals surface area (Å²) in [5, 5.41) is 0. The van der Waals surface area contributed by atoms with Gasteiger partial charge in [-0.25, -0.2) is 0 Å². The molecule has 4 N–H and O–H groups in total. The molecular formula is C10H12N2O2. The summed E-state index contributed by atoms with van der Waals surface area (Å²) >= 11 is 0. The zero-order valence-electron chi connectivity index (χ0n) is 7.69. The van der Waals surface area contributed by atoms with E-state index in [1.165, 1.54) is 0 Å². The summed E-state index contributed by atoms with van der Waals surface area (Å²) in [4.78, 5) is 10.9. The van der Waals surface area contributed by atoms with Crippen LogP contribution < -0.4 is 16.2 Å². The lowest BCUT2D eigenvalue weighted by molar-refractivity contribution is 0.100. The van der Waals surface area contributed by atoms with Crippen LogP contribution in [0.25, 0.3) is 0 Å². The zero-order chi connectivity index (χ0) is 10.1. The maximum absolute atomic E-state index is 10.9. The third-order valence-electron chi connectivity index (χ3n) is 2.12. The van der Waals surface area contributed by atoms with Crippen LogP contribution in [0.1, 0.15) is 23.2 Å². The Hall–Kier alpha value is -1.71. The van der Waals surface area contributed by atoms with E-state index in [0.717, 1.165) is 12.8 Å². The van der Waals surface area contributed by atoms with E-state index in [9.17, 15) is 4.79 Å². The lowest BCUT2D eigenvalue weighted by Gasteiger charge is -2.06. The van der Waals surface area contributed by atoms with Crippen LogP contribution in [0.3, 0.4) is 0 Å². The summed E-state index contributed by atoms with van der Waals surface area (Å²) < 4.78 is 5.51. The summed E-state index contributed by atoms with van der Waals surface area (Å²) in [6.07, 6.45) is 2.52. The van der Waals surface area contributed by atoms with E-state index >= 15 is 0 Å². The lowest BCUT2D eigenvalue weighted by atomic mass is 10.1. The summed E-state index contributed by atoms with van der Waals surface area (Å²) in [5.74, 6) is 0.190. The second kappa shape index (κ2) is 3.21. The Bertz CT molecular complexity index is 372. The molecule has 14 heavy (non-hydrogen) atoms. The number of primary amides is 1. The standard InChI is InChI=1S/C10H12N2O2/c11-9-5-7(14-6-1-2-6)3-4-8(9)10(12)13/h3-6H,1-2,11H2,(H2,12,13). The highest BCUT2D eigenvalue weighted by Crippen LogP contribution is 2.28. The molecule has 1 saturated carbocycles. The van der Waals surface area contributed by atoms with Crippen molar-refractivity contribution in [1.29, 1.82) is 0 Å². The van der Waals surface area contributed by atoms with Crippen molar-refractivity contribution in [3.8, 4) is 5.75 Å². The van der Waals surface area contributed by atoms with Gasteiger partial charge in [0.25, 0.3) is 5.91 Å². The average molecular weight is 192 g/mol. The molecule has 1 fully saturated rings. The van der Waals surface area contributed by atoms with Crippen LogP contribution in [-0.2, 0) is 0 Å². The number of benzene rings is 1. The Kier molecular flexibility index (Phi) is 2.04. The van der Waals surface area contributed by atoms with Crippen LogP contribution in [0.4, 0.5) is 5.69 Å². The van der Waals surface area contributed by atoms with Crippen molar-refractivity contribution in [2.45, 2.75) is 18.9 Å². The predicted octanol–water partition coefficient (Wildman–Crippen LogP) is 0.909. The molecule has 1 aliphatic carbocycles. The van der Waals surface area contributed by atoms with E-state index in [1.54, 1.807) is 18.2 Å². The molecule has 0 radical (unpaired) electrons. The second-order valence-corrected chi connectivity index (χ2v) is 3.43. The molecule has 0 saturated heterocycles. The summed E-state index contributed by atoms with van der Waals surface area (Å²) in [7, 11) is 0. The fraction of sp³-hybridized carbons (Fsp3) is 0.300. The van der Waals surface area contributed by atoms with Gasteiger partial charge >= 0.3 is 0 Å². The van der Waals surface area contributed by atoms with E-state index in [2.05, 4.69) is 0 Å². The largest absolute Gasteiger partial charge is 0.490 e. The van der Waals surface area contributed by atoms with Gasteiger partial charge in [-0.15, -0.1) is 0 Å². The molecule has 1 amide bonds. The molecule has 0 heterocycles. The molecule has 1 aromatic rings. The minimum atomic E-state index is -0.513. The molecule has 1 aliphatic rings. The average Bonchev–Trinajstić information content (AvgIpc) is 2.87. The van der Waals surface area contributed by atoms with Gasteiger partial charge < -0.3 is 16.2 Å². The Labute approximate surface area is 81.8 Å². The number of hydrogen-bond donors (Lipinski definition) is 2. The maximum Gasteiger partial charge on any atom is 0.250 e. The fourth-order valence-corrected chi connectivity index (χ4v) is 1.22. The molecule has 0 bridgehead atoms. The molecule has 0 aromatic heterocycles. The van der Waals surface area contributed by atoms with Crippen LogP contribution in [0.5, 0.6) is 5.75 Å². The van der Waals surface area contributed by atoms with Crippen LogP contribution in [0.15, 0.2) is 18.2 Å². The van der Waals surface area contributed by atoms with Crippen molar-refractivity contribution in [3.05, 3.63) is 23.8 Å². The van der Waals surface area contributed by atoms with Gasteiger partial charge in [-0.3, -0.25) is 4.79 Å². The normalized spacial score (nSPS) is 15.1. The zero-order valence-corrected chi connectivity index (χ0v) is 7.69. The topological polar surface area (TPSA) is 78.3 Å². The highest BCUT2D eigenvalue weighted by atomic mass is 16.5. The Morgan fingerprint density at radius 1 is 1.43 bits per heavy atom. The van der Waals surface area contributed by atoms with Crippen molar-refractivity contribution < 1.29 is 9.53 Å². The molecule has 2 rings (SSSR count). The number of rotatable bonds is 3. The molecule has 1 aromatic carbocycles. The van der Waals surface area contributed by atoms with Crippen LogP contribution in [0, 0.1) is 0 Å². The maximum atomic E-state index is 10.9. The number of nitrogen functional groups attached to an aromatic ring is 1. The van der Waals surface area contributed by atoms with Gasteiger partial charge in [0.2, 0.25) is 0 Å². The minimum Gasteiger partial charge on any atom is -0.490 e. The monoisotopic (exact) mass is 192 g/mol. The third-order valence-corrected chi connectivity index (χ3v) is 2.12. The quantitative estimate of drug-likeness (QED) is 0.698. The van der Waals surface area contributed by atoms with Crippen molar-refractivity contribution in [3.63, 3.8) is 0 Å². The van der Waals surface area contributed by atoms with Gasteiger partial charge in [-0.05, 0) is 25.0 Å². The Morgan fingerprint density at radius 3 is 2.64 bits per heavy atom. The minimum absolute atomic E-state index is 0.328. The first-order valence-corrected chi connectivity index (χ1v) is 4.53. The molecular weight excluding hydrogens is 180 g/mol. The van der Waals surface area contributed by atoms with Gasteiger partial charge in [0.05, 0.1) is 11.7 Å². The van der Waals surface area contributed by atoms with Crippen molar-refractivity contribution >= 4 is 11.6 Å². The molecule has 74 valence electrons. The van der Waals surface area contributed by atoms with Gasteiger partial charge in [-0.1, -0.05) is 0 Å². The highest BCUT2D eigenvalue weighted by molar-refractivity contribution is 5.98. The summed E-state index contributed by atoms with van der Waals surface area (Å²) in [6.45, 7) is 0. The highest BCUT2D eigenvalue weighted by Gasteiger charge is 2.23. The Balaban J connectivity index is 2.20. The van der Waals surface area contributed by atoms with E-state index in [4.69, 9.17) is 16.2 Å². The van der Waals surface area contributed by atoms with Gasteiger partial charge in [0.15, 0.2) is 0 Å². The summed E-state index contributed by atoms with van der Waals surface area (Å²) in [5.41, 5.74) is 11.5. The molecule has 0 atom stereocenters. The smallest absolute Gasteiger partial charge is 0.250 e. The number of carbonyl (C=O) groups is 1. The predicted molar refractivity (Wildman–Crippen MR) is 53.0 cm³/mol. The Morgan fingerprint density at radius 2 is 2.14 bits per heavy atom. The lowest BCUT2D eigenvalue weighted by Crippen LogP contribution is -2.13. The molecule has 0 aliphatic heterocycles. The van der Waals surface area contributed by atoms with Crippen molar-refractivity contribution in [2.24, 2.45) is 5.73 Å². The van der Waals surface area contributed by atoms with Gasteiger partial charge in [-0.2, -0.15) is 0 Å². The van der Waals surface area contributed by atoms with E-state index in [1.807, 2.05) is 0 Å². The van der Waals surface area contributed by atoms with Gasteiger partial charge in [0, 0.05) is 11.8 Å². The van der Waals surface area contributed by atoms with Crippen LogP contribution >= 0.6 is 0 Å². The number of nitrogens with two attached hydrogens (primary N) is 2. The SMILES string of the molecule is NC(=O)c1ccc(OC2CC2)cc1N. The van der Waals surface area contributed by atoms with Crippen molar-refractivity contribution in [1.82, 2.24) is 0 Å². The second-order valence-electron chi connectivity index (χ2n) is 3.43. The number of anilines is 1. The van der Waals surface area contributed by atoms with E-state index in [-0.39, 0.29) is 0 Å². The molecule has 0 unspecified atom stereocenters. The van der Waals surface area contributed by atoms with Gasteiger partial charge in [0.1, 0.15) is 5.75 Å². The first kappa shape index (κ1) is 8.87. The molecule has 4 nitrogen and oxygen atoms in total. The first-order valence-electron chi connectivity index (χ1n) is 4.53. The van der Waals surface area contributed by atoms with Crippen molar-refractivity contribution in [2.75, 3.05) is 5.73 Å². The number of hydrogen-bond acceptors (Lipinski definition) is 3. The number of carbonyl (C=O) groups excluding carboxylic acids is 1. The molecule has 4 heteroatoms. The van der Waals surface area contributed by atoms with E-state index in [0.29, 0.717) is 23.1 Å². The summed E-state index contributed by atoms with van der Waals surface area (Å²) in [6, 6.07) is 4.95. The number of amides is 1. The first-order chi connectivity index (χ1) is 6.66. The van der Waals surface area contributed by atoms with Crippen LogP contribution in [0.2, 0.25) is 0 Å².